The minimum atomic E-state index is -0.872. The first-order valence-electron chi connectivity index (χ1n) is 6.74. The summed E-state index contributed by atoms with van der Waals surface area (Å²) < 4.78 is 6.36. The zero-order chi connectivity index (χ0) is 14.8. The Bertz CT molecular complexity index is 634. The van der Waals surface area contributed by atoms with Crippen molar-refractivity contribution in [3.05, 3.63) is 34.1 Å². The number of piperidine rings is 1. The molecule has 2 aromatic heterocycles. The fourth-order valence-electron chi connectivity index (χ4n) is 2.75. The third-order valence-corrected chi connectivity index (χ3v) is 4.82. The summed E-state index contributed by atoms with van der Waals surface area (Å²) in [5.41, 5.74) is 1.19. The molecule has 0 amide bonds. The van der Waals surface area contributed by atoms with Crippen molar-refractivity contribution in [2.75, 3.05) is 13.1 Å². The Morgan fingerprint density at radius 1 is 1.48 bits per heavy atom. The predicted molar refractivity (Wildman–Crippen MR) is 79.9 cm³/mol. The number of hydrogen-bond donors (Lipinski definition) is 1. The van der Waals surface area contributed by atoms with Gasteiger partial charge in [0.15, 0.2) is 0 Å². The topological polar surface area (TPSA) is 71.2 Å². The molecule has 0 aromatic carbocycles. The first-order valence-corrected chi connectivity index (χ1v) is 7.89. The average Bonchev–Trinajstić information content (AvgIpc) is 3.10. The van der Waals surface area contributed by atoms with E-state index >= 15 is 0 Å². The molecule has 1 saturated heterocycles. The maximum absolute atomic E-state index is 11.2. The highest BCUT2D eigenvalue weighted by molar-refractivity contribution is 7.10. The number of carbonyl (C=O) groups is 1. The lowest BCUT2D eigenvalue weighted by molar-refractivity contribution is 0.0678. The molecule has 2 aromatic rings. The fraction of sp³-hybridized carbons (Fsp3) is 0.462. The zero-order valence-corrected chi connectivity index (χ0v) is 12.8. The molecule has 1 N–H and O–H groups in total. The van der Waals surface area contributed by atoms with Gasteiger partial charge in [-0.05, 0) is 25.0 Å². The first kappa shape index (κ1) is 14.5. The van der Waals surface area contributed by atoms with Gasteiger partial charge in [0, 0.05) is 43.4 Å². The highest BCUT2D eigenvalue weighted by Crippen LogP contribution is 2.26. The monoisotopic (exact) mass is 326 g/mol. The molecule has 0 spiro atoms. The molecule has 8 heteroatoms. The quantitative estimate of drug-likeness (QED) is 0.934. The van der Waals surface area contributed by atoms with E-state index in [0.717, 1.165) is 31.6 Å². The summed E-state index contributed by atoms with van der Waals surface area (Å²) in [5, 5.41) is 13.2. The molecule has 112 valence electrons. The lowest BCUT2D eigenvalue weighted by Crippen LogP contribution is -2.34. The minimum Gasteiger partial charge on any atom is -0.477 e. The van der Waals surface area contributed by atoms with Crippen molar-refractivity contribution < 1.29 is 9.90 Å². The van der Waals surface area contributed by atoms with Crippen molar-refractivity contribution in [1.82, 2.24) is 19.1 Å². The van der Waals surface area contributed by atoms with Crippen LogP contribution >= 0.6 is 23.1 Å². The van der Waals surface area contributed by atoms with E-state index < -0.39 is 5.97 Å². The smallest absolute Gasteiger partial charge is 0.352 e. The Balaban J connectivity index is 1.61. The number of aromatic nitrogens is 3. The van der Waals surface area contributed by atoms with Crippen molar-refractivity contribution in [1.29, 1.82) is 0 Å². The maximum Gasteiger partial charge on any atom is 0.352 e. The Morgan fingerprint density at radius 3 is 2.86 bits per heavy atom. The molecule has 0 unspecified atom stereocenters. The summed E-state index contributed by atoms with van der Waals surface area (Å²) in [6.07, 6.45) is 3.69. The molecule has 0 aliphatic carbocycles. The summed E-state index contributed by atoms with van der Waals surface area (Å²) in [4.78, 5) is 13.5. The van der Waals surface area contributed by atoms with Gasteiger partial charge in [0.1, 0.15) is 15.7 Å². The van der Waals surface area contributed by atoms with Gasteiger partial charge in [-0.2, -0.15) is 0 Å². The lowest BCUT2D eigenvalue weighted by atomic mass is 10.0. The van der Waals surface area contributed by atoms with Crippen LogP contribution in [0.25, 0.3) is 0 Å². The molecule has 1 aliphatic heterocycles. The van der Waals surface area contributed by atoms with Crippen LogP contribution in [-0.4, -0.2) is 43.2 Å². The van der Waals surface area contributed by atoms with Gasteiger partial charge < -0.3 is 9.67 Å². The number of nitrogens with zero attached hydrogens (tertiary/aromatic N) is 4. The highest BCUT2D eigenvalue weighted by Gasteiger charge is 2.24. The van der Waals surface area contributed by atoms with Gasteiger partial charge in [-0.1, -0.05) is 16.1 Å². The summed E-state index contributed by atoms with van der Waals surface area (Å²) >= 11 is 7.23. The Labute approximate surface area is 131 Å². The van der Waals surface area contributed by atoms with E-state index in [-0.39, 0.29) is 6.04 Å². The Hall–Kier alpha value is -1.44. The number of carboxylic acid groups (broad SMARTS) is 1. The molecular weight excluding hydrogens is 312 g/mol. The Morgan fingerprint density at radius 2 is 2.24 bits per heavy atom. The second-order valence-corrected chi connectivity index (χ2v) is 6.46. The Kier molecular flexibility index (Phi) is 4.23. The van der Waals surface area contributed by atoms with Gasteiger partial charge in [0.25, 0.3) is 0 Å². The van der Waals surface area contributed by atoms with Crippen LogP contribution in [0.3, 0.4) is 0 Å². The van der Waals surface area contributed by atoms with E-state index in [4.69, 9.17) is 11.6 Å². The molecule has 0 saturated carbocycles. The fourth-order valence-corrected chi connectivity index (χ4v) is 3.36. The van der Waals surface area contributed by atoms with Crippen LogP contribution in [-0.2, 0) is 6.54 Å². The van der Waals surface area contributed by atoms with Crippen molar-refractivity contribution >= 4 is 29.1 Å². The van der Waals surface area contributed by atoms with E-state index in [9.17, 15) is 9.90 Å². The van der Waals surface area contributed by atoms with E-state index in [0.29, 0.717) is 16.6 Å². The number of hydrogen-bond acceptors (Lipinski definition) is 5. The molecule has 0 radical (unpaired) electrons. The van der Waals surface area contributed by atoms with E-state index in [1.807, 2.05) is 10.8 Å². The summed E-state index contributed by atoms with van der Waals surface area (Å²) in [6, 6.07) is 3.68. The average molecular weight is 327 g/mol. The molecule has 1 fully saturated rings. The number of carboxylic acids is 1. The molecule has 3 rings (SSSR count). The van der Waals surface area contributed by atoms with Crippen LogP contribution in [0.4, 0.5) is 0 Å². The van der Waals surface area contributed by atoms with Gasteiger partial charge in [-0.25, -0.2) is 4.79 Å². The van der Waals surface area contributed by atoms with Crippen molar-refractivity contribution in [3.63, 3.8) is 0 Å². The lowest BCUT2D eigenvalue weighted by Gasteiger charge is -2.32. The second kappa shape index (κ2) is 6.13. The van der Waals surface area contributed by atoms with Crippen LogP contribution in [0, 0.1) is 0 Å². The predicted octanol–water partition coefficient (Wildman–Crippen LogP) is 2.53. The molecule has 21 heavy (non-hydrogen) atoms. The number of rotatable bonds is 4. The SMILES string of the molecule is O=C(O)c1cccn1C1CCN(Cc2nnsc2Cl)CC1. The molecule has 1 aliphatic rings. The molecule has 3 heterocycles. The summed E-state index contributed by atoms with van der Waals surface area (Å²) in [5.74, 6) is -0.872. The van der Waals surface area contributed by atoms with E-state index in [1.54, 1.807) is 12.1 Å². The molecular formula is C13H15ClN4O2S. The number of halogens is 1. The second-order valence-electron chi connectivity index (χ2n) is 5.11. The third kappa shape index (κ3) is 3.09. The van der Waals surface area contributed by atoms with Gasteiger partial charge in [-0.3, -0.25) is 4.90 Å². The zero-order valence-electron chi connectivity index (χ0n) is 11.3. The van der Waals surface area contributed by atoms with Crippen molar-refractivity contribution in [2.24, 2.45) is 0 Å². The van der Waals surface area contributed by atoms with Crippen LogP contribution in [0.2, 0.25) is 4.34 Å². The van der Waals surface area contributed by atoms with E-state index in [2.05, 4.69) is 14.5 Å². The van der Waals surface area contributed by atoms with Gasteiger partial charge >= 0.3 is 5.97 Å². The largest absolute Gasteiger partial charge is 0.477 e. The van der Waals surface area contributed by atoms with Crippen LogP contribution < -0.4 is 0 Å². The molecule has 0 bridgehead atoms. The normalized spacial score (nSPS) is 17.2. The third-order valence-electron chi connectivity index (χ3n) is 3.83. The molecule has 6 nitrogen and oxygen atoms in total. The molecule has 0 atom stereocenters. The number of likely N-dealkylation sites (tertiary alicyclic amines) is 1. The standard InChI is InChI=1S/C13H15ClN4O2S/c14-12-10(15-16-21-12)8-17-6-3-9(4-7-17)18-5-1-2-11(18)13(19)20/h1-2,5,9H,3-4,6-8H2,(H,19,20). The number of aromatic carboxylic acids is 1. The maximum atomic E-state index is 11.2. The van der Waals surface area contributed by atoms with Gasteiger partial charge in [0.05, 0.1) is 0 Å². The van der Waals surface area contributed by atoms with Crippen LogP contribution in [0.5, 0.6) is 0 Å². The van der Waals surface area contributed by atoms with Crippen LogP contribution in [0.15, 0.2) is 18.3 Å². The van der Waals surface area contributed by atoms with Crippen molar-refractivity contribution in [3.8, 4) is 0 Å². The van der Waals surface area contributed by atoms with Gasteiger partial charge in [0.2, 0.25) is 0 Å². The van der Waals surface area contributed by atoms with Crippen LogP contribution in [0.1, 0.15) is 35.1 Å². The van der Waals surface area contributed by atoms with Crippen molar-refractivity contribution in [2.45, 2.75) is 25.4 Å². The summed E-state index contributed by atoms with van der Waals surface area (Å²) in [6.45, 7) is 2.51. The highest BCUT2D eigenvalue weighted by atomic mass is 35.5. The van der Waals surface area contributed by atoms with Gasteiger partial charge in [-0.15, -0.1) is 5.10 Å². The van der Waals surface area contributed by atoms with E-state index in [1.165, 1.54) is 11.5 Å². The summed E-state index contributed by atoms with van der Waals surface area (Å²) in [7, 11) is 0. The minimum absolute atomic E-state index is 0.242. The first-order chi connectivity index (χ1) is 10.1.